The van der Waals surface area contributed by atoms with E-state index >= 15 is 0 Å². The molecule has 1 unspecified atom stereocenters. The molecule has 4 aliphatic carbocycles. The van der Waals surface area contributed by atoms with Crippen LogP contribution in [-0.4, -0.2) is 55.1 Å². The van der Waals surface area contributed by atoms with Crippen molar-refractivity contribution in [2.24, 2.45) is 45.6 Å². The lowest BCUT2D eigenvalue weighted by atomic mass is 9.44. The molecular weight excluding hydrogens is 402 g/mol. The molecule has 0 heterocycles. The van der Waals surface area contributed by atoms with Gasteiger partial charge in [0.15, 0.2) is 0 Å². The third-order valence-electron chi connectivity index (χ3n) is 10.4. The smallest absolute Gasteiger partial charge is 0.393 e. The molecule has 0 radical (unpaired) electrons. The number of aliphatic hydroxyl groups is 1. The van der Waals surface area contributed by atoms with E-state index in [4.69, 9.17) is 4.84 Å². The molecule has 0 saturated heterocycles. The average Bonchev–Trinajstić information content (AvgIpc) is 3.13. The zero-order valence-electron chi connectivity index (χ0n) is 20.9. The van der Waals surface area contributed by atoms with E-state index in [9.17, 15) is 9.90 Å². The molecule has 4 saturated carbocycles. The Morgan fingerprint density at radius 3 is 2.56 bits per heavy atom. The topological polar surface area (TPSA) is 74.2 Å². The lowest BCUT2D eigenvalue weighted by molar-refractivity contribution is -0.123. The number of fused-ring (bicyclic) bond motifs is 5. The summed E-state index contributed by atoms with van der Waals surface area (Å²) in [4.78, 5) is 19.2. The zero-order chi connectivity index (χ0) is 23.1. The summed E-state index contributed by atoms with van der Waals surface area (Å²) in [5.41, 5.74) is 1.67. The second kappa shape index (κ2) is 9.25. The summed E-state index contributed by atoms with van der Waals surface area (Å²) in [5, 5.41) is 17.6. The quantitative estimate of drug-likeness (QED) is 0.365. The van der Waals surface area contributed by atoms with Crippen LogP contribution in [0.15, 0.2) is 5.16 Å². The van der Waals surface area contributed by atoms with Crippen LogP contribution in [0.25, 0.3) is 0 Å². The van der Waals surface area contributed by atoms with Crippen molar-refractivity contribution in [2.45, 2.75) is 84.7 Å². The average molecular weight is 448 g/mol. The van der Waals surface area contributed by atoms with E-state index in [1.54, 1.807) is 11.9 Å². The van der Waals surface area contributed by atoms with Gasteiger partial charge in [0, 0.05) is 26.1 Å². The van der Waals surface area contributed by atoms with Crippen LogP contribution in [0.2, 0.25) is 0 Å². The van der Waals surface area contributed by atoms with Crippen LogP contribution in [0.4, 0.5) is 4.79 Å². The second-order valence-corrected chi connectivity index (χ2v) is 11.9. The van der Waals surface area contributed by atoms with Crippen molar-refractivity contribution in [3.63, 3.8) is 0 Å². The molecule has 4 aliphatic rings. The fraction of sp³-hybridized carbons (Fsp3) is 0.923. The molecule has 0 aliphatic heterocycles. The van der Waals surface area contributed by atoms with Gasteiger partial charge in [0.25, 0.3) is 0 Å². The second-order valence-electron chi connectivity index (χ2n) is 11.9. The van der Waals surface area contributed by atoms with Crippen molar-refractivity contribution in [3.8, 4) is 0 Å². The van der Waals surface area contributed by atoms with E-state index in [-0.39, 0.29) is 17.6 Å². The summed E-state index contributed by atoms with van der Waals surface area (Å²) in [5.74, 6) is 3.47. The third-order valence-corrected chi connectivity index (χ3v) is 10.4. The molecule has 0 spiro atoms. The van der Waals surface area contributed by atoms with Crippen LogP contribution in [-0.2, 0) is 4.84 Å². The summed E-state index contributed by atoms with van der Waals surface area (Å²) >= 11 is 0. The Labute approximate surface area is 194 Å². The van der Waals surface area contributed by atoms with Gasteiger partial charge in [0.05, 0.1) is 11.8 Å². The van der Waals surface area contributed by atoms with E-state index in [1.165, 1.54) is 38.5 Å². The molecule has 0 aromatic rings. The van der Waals surface area contributed by atoms with Gasteiger partial charge in [-0.15, -0.1) is 0 Å². The molecule has 182 valence electrons. The molecule has 0 bridgehead atoms. The molecular formula is C26H45N3O3. The Kier molecular flexibility index (Phi) is 6.94. The first-order valence-electron chi connectivity index (χ1n) is 13.0. The van der Waals surface area contributed by atoms with Crippen molar-refractivity contribution in [1.82, 2.24) is 10.2 Å². The van der Waals surface area contributed by atoms with Crippen LogP contribution in [0.1, 0.15) is 78.6 Å². The third kappa shape index (κ3) is 4.11. The Morgan fingerprint density at radius 2 is 1.81 bits per heavy atom. The number of likely N-dealkylation sites (N-methyl/N-ethyl adjacent to an activating group) is 2. The number of nitrogens with zero attached hydrogens (tertiary/aromatic N) is 2. The number of nitrogens with one attached hydrogen (secondary N) is 1. The number of oxime groups is 1. The molecule has 0 aromatic carbocycles. The molecule has 6 nitrogen and oxygen atoms in total. The predicted octanol–water partition coefficient (Wildman–Crippen LogP) is 4.67. The van der Waals surface area contributed by atoms with E-state index in [1.807, 2.05) is 7.05 Å². The van der Waals surface area contributed by atoms with Crippen molar-refractivity contribution >= 4 is 11.8 Å². The van der Waals surface area contributed by atoms with Gasteiger partial charge in [-0.25, -0.2) is 4.79 Å². The highest BCUT2D eigenvalue weighted by Gasteiger charge is 2.60. The highest BCUT2D eigenvalue weighted by molar-refractivity contribution is 5.85. The Morgan fingerprint density at radius 1 is 1.09 bits per heavy atom. The van der Waals surface area contributed by atoms with Gasteiger partial charge >= 0.3 is 6.09 Å². The number of hydrogen-bond donors (Lipinski definition) is 2. The van der Waals surface area contributed by atoms with Gasteiger partial charge in [-0.2, -0.15) is 0 Å². The molecule has 4 fully saturated rings. The van der Waals surface area contributed by atoms with Gasteiger partial charge in [0.1, 0.15) is 0 Å². The lowest BCUT2D eigenvalue weighted by Gasteiger charge is -2.61. The largest absolute Gasteiger partial charge is 0.435 e. The Bertz CT molecular complexity index is 727. The first-order chi connectivity index (χ1) is 15.2. The maximum Gasteiger partial charge on any atom is 0.435 e. The minimum atomic E-state index is -0.381. The van der Waals surface area contributed by atoms with Crippen LogP contribution < -0.4 is 5.32 Å². The molecule has 8 atom stereocenters. The van der Waals surface area contributed by atoms with Crippen molar-refractivity contribution < 1.29 is 14.7 Å². The molecule has 6 heteroatoms. The minimum absolute atomic E-state index is 0.0757. The molecule has 4 rings (SSSR count). The number of aliphatic hydroxyl groups excluding tert-OH is 1. The number of carbonyl (C=O) groups excluding carboxylic acids is 1. The summed E-state index contributed by atoms with van der Waals surface area (Å²) in [7, 11) is 3.62. The van der Waals surface area contributed by atoms with Crippen LogP contribution in [0.3, 0.4) is 0 Å². The zero-order valence-corrected chi connectivity index (χ0v) is 20.9. The van der Waals surface area contributed by atoms with E-state index in [2.05, 4.69) is 31.2 Å². The van der Waals surface area contributed by atoms with E-state index < -0.39 is 0 Å². The van der Waals surface area contributed by atoms with Crippen LogP contribution in [0.5, 0.6) is 0 Å². The van der Waals surface area contributed by atoms with Crippen LogP contribution in [0, 0.1) is 40.4 Å². The van der Waals surface area contributed by atoms with Crippen LogP contribution >= 0.6 is 0 Å². The number of hydrogen-bond acceptors (Lipinski definition) is 5. The summed E-state index contributed by atoms with van der Waals surface area (Å²) in [6, 6.07) is 0. The maximum atomic E-state index is 12.3. The van der Waals surface area contributed by atoms with E-state index in [0.29, 0.717) is 23.8 Å². The SMILES string of the molecule is CNCCN(C)C(=O)O/N=C(\C)[C@H]1CC[C@H]2[C@@H]3CCC4C[C@@H](O)CC[C@]4(C)[C@H]3CC[C@]12C. The number of carbonyl (C=O) groups is 1. The van der Waals surface area contributed by atoms with E-state index in [0.717, 1.165) is 49.3 Å². The first-order valence-corrected chi connectivity index (χ1v) is 13.0. The fourth-order valence-corrected chi connectivity index (χ4v) is 8.54. The predicted molar refractivity (Wildman–Crippen MR) is 127 cm³/mol. The van der Waals surface area contributed by atoms with Crippen molar-refractivity contribution in [1.29, 1.82) is 0 Å². The molecule has 32 heavy (non-hydrogen) atoms. The van der Waals surface area contributed by atoms with Crippen molar-refractivity contribution in [3.05, 3.63) is 0 Å². The fourth-order valence-electron chi connectivity index (χ4n) is 8.54. The molecule has 2 N–H and O–H groups in total. The Balaban J connectivity index is 1.44. The molecule has 0 aromatic heterocycles. The van der Waals surface area contributed by atoms with Gasteiger partial charge < -0.3 is 15.3 Å². The number of rotatable bonds is 5. The van der Waals surface area contributed by atoms with Gasteiger partial charge in [-0.1, -0.05) is 19.0 Å². The lowest BCUT2D eigenvalue weighted by Crippen LogP contribution is -2.54. The summed E-state index contributed by atoms with van der Waals surface area (Å²) < 4.78 is 0. The highest BCUT2D eigenvalue weighted by Crippen LogP contribution is 2.67. The van der Waals surface area contributed by atoms with Gasteiger partial charge in [-0.05, 0) is 106 Å². The Hall–Kier alpha value is -1.14. The number of amides is 1. The summed E-state index contributed by atoms with van der Waals surface area (Å²) in [6.07, 6.45) is 10.3. The minimum Gasteiger partial charge on any atom is -0.393 e. The normalized spacial score (nSPS) is 43.8. The highest BCUT2D eigenvalue weighted by atomic mass is 16.7. The molecule has 1 amide bonds. The van der Waals surface area contributed by atoms with Gasteiger partial charge in [0.2, 0.25) is 0 Å². The van der Waals surface area contributed by atoms with Crippen molar-refractivity contribution in [2.75, 3.05) is 27.2 Å². The maximum absolute atomic E-state index is 12.3. The first kappa shape index (κ1) is 24.0. The van der Waals surface area contributed by atoms with Gasteiger partial charge in [-0.3, -0.25) is 4.84 Å². The monoisotopic (exact) mass is 447 g/mol. The standard InChI is InChI=1S/C26H45N3O3/c1-17(28-32-24(31)29(5)15-14-27-4)21-8-9-22-20-7-6-18-16-19(30)10-12-25(18,2)23(20)11-13-26(21,22)3/h18-23,27,30H,6-16H2,1-5H3/b28-17+/t18?,19-,20-,21+,22-,23-,25-,26+/m0/s1. The summed E-state index contributed by atoms with van der Waals surface area (Å²) in [6.45, 7) is 8.44.